The summed E-state index contributed by atoms with van der Waals surface area (Å²) in [6, 6.07) is 8.28. The number of carboxylic acid groups (broad SMARTS) is 1. The third kappa shape index (κ3) is 2.05. The van der Waals surface area contributed by atoms with Gasteiger partial charge in [0, 0.05) is 43.5 Å². The van der Waals surface area contributed by atoms with Crippen molar-refractivity contribution in [3.63, 3.8) is 0 Å². The zero-order chi connectivity index (χ0) is 14.3. The topological polar surface area (TPSA) is 58.4 Å². The van der Waals surface area contributed by atoms with Crippen LogP contribution in [0.15, 0.2) is 24.3 Å². The van der Waals surface area contributed by atoms with E-state index in [-0.39, 0.29) is 5.69 Å². The van der Waals surface area contributed by atoms with Crippen LogP contribution in [0.25, 0.3) is 0 Å². The quantitative estimate of drug-likeness (QED) is 0.907. The Morgan fingerprint density at radius 2 is 2.20 bits per heavy atom. The number of aromatic carboxylic acids is 1. The Morgan fingerprint density at radius 1 is 1.40 bits per heavy atom. The maximum absolute atomic E-state index is 11.3. The zero-order valence-corrected chi connectivity index (χ0v) is 11.6. The summed E-state index contributed by atoms with van der Waals surface area (Å²) in [4.78, 5) is 13.5. The molecule has 0 unspecified atom stereocenters. The predicted molar refractivity (Wildman–Crippen MR) is 76.1 cm³/mol. The molecule has 3 rings (SSSR count). The van der Waals surface area contributed by atoms with E-state index in [1.807, 2.05) is 13.1 Å². The SMILES string of the molecule is Cc1cccc(N2CCc3c(c(C(=O)O)nn3C)C2)c1. The Hall–Kier alpha value is -2.30. The van der Waals surface area contributed by atoms with Gasteiger partial charge in [0.1, 0.15) is 0 Å². The smallest absolute Gasteiger partial charge is 0.356 e. The summed E-state index contributed by atoms with van der Waals surface area (Å²) in [6.45, 7) is 3.55. The Morgan fingerprint density at radius 3 is 2.90 bits per heavy atom. The summed E-state index contributed by atoms with van der Waals surface area (Å²) in [6.07, 6.45) is 0.819. The molecule has 0 saturated carbocycles. The Balaban J connectivity index is 1.97. The number of hydrogen-bond acceptors (Lipinski definition) is 3. The monoisotopic (exact) mass is 271 g/mol. The minimum absolute atomic E-state index is 0.180. The number of fused-ring (bicyclic) bond motifs is 1. The summed E-state index contributed by atoms with van der Waals surface area (Å²) in [5, 5.41) is 13.4. The highest BCUT2D eigenvalue weighted by molar-refractivity contribution is 5.87. The molecule has 0 radical (unpaired) electrons. The first-order valence-corrected chi connectivity index (χ1v) is 6.66. The lowest BCUT2D eigenvalue weighted by molar-refractivity contribution is 0.0688. The summed E-state index contributed by atoms with van der Waals surface area (Å²) in [7, 11) is 1.81. The first-order chi connectivity index (χ1) is 9.56. The lowest BCUT2D eigenvalue weighted by atomic mass is 10.0. The van der Waals surface area contributed by atoms with Crippen molar-refractivity contribution in [1.29, 1.82) is 0 Å². The van der Waals surface area contributed by atoms with Crippen molar-refractivity contribution in [3.05, 3.63) is 46.8 Å². The van der Waals surface area contributed by atoms with Crippen LogP contribution in [-0.2, 0) is 20.0 Å². The normalized spacial score (nSPS) is 14.2. The standard InChI is InChI=1S/C15H17N3O2/c1-10-4-3-5-11(8-10)18-7-6-13-12(9-18)14(15(19)20)16-17(13)2/h3-5,8H,6-7,9H2,1-2H3,(H,19,20). The molecule has 20 heavy (non-hydrogen) atoms. The second kappa shape index (κ2) is 4.67. The number of carboxylic acids is 1. The van der Waals surface area contributed by atoms with Crippen molar-refractivity contribution >= 4 is 11.7 Å². The van der Waals surface area contributed by atoms with Gasteiger partial charge in [-0.3, -0.25) is 4.68 Å². The van der Waals surface area contributed by atoms with E-state index in [0.717, 1.165) is 29.9 Å². The van der Waals surface area contributed by atoms with Crippen molar-refractivity contribution < 1.29 is 9.90 Å². The molecule has 1 aromatic carbocycles. The van der Waals surface area contributed by atoms with Gasteiger partial charge >= 0.3 is 5.97 Å². The van der Waals surface area contributed by atoms with Gasteiger partial charge in [0.15, 0.2) is 5.69 Å². The molecule has 5 heteroatoms. The van der Waals surface area contributed by atoms with Crippen LogP contribution in [0.3, 0.4) is 0 Å². The van der Waals surface area contributed by atoms with Gasteiger partial charge in [-0.2, -0.15) is 5.10 Å². The Bertz CT molecular complexity index is 676. The molecule has 104 valence electrons. The van der Waals surface area contributed by atoms with E-state index in [9.17, 15) is 9.90 Å². The van der Waals surface area contributed by atoms with Gasteiger partial charge < -0.3 is 10.0 Å². The van der Waals surface area contributed by atoms with Crippen LogP contribution in [0.2, 0.25) is 0 Å². The molecule has 1 aromatic heterocycles. The Labute approximate surface area is 117 Å². The fraction of sp³-hybridized carbons (Fsp3) is 0.333. The second-order valence-electron chi connectivity index (χ2n) is 5.21. The van der Waals surface area contributed by atoms with Gasteiger partial charge in [-0.1, -0.05) is 12.1 Å². The van der Waals surface area contributed by atoms with Gasteiger partial charge in [0.05, 0.1) is 0 Å². The molecule has 0 saturated heterocycles. The van der Waals surface area contributed by atoms with E-state index in [2.05, 4.69) is 35.1 Å². The van der Waals surface area contributed by atoms with Crippen molar-refractivity contribution in [1.82, 2.24) is 9.78 Å². The van der Waals surface area contributed by atoms with E-state index in [1.54, 1.807) is 4.68 Å². The largest absolute Gasteiger partial charge is 0.476 e. The minimum Gasteiger partial charge on any atom is -0.476 e. The molecule has 5 nitrogen and oxygen atoms in total. The molecule has 0 bridgehead atoms. The minimum atomic E-state index is -0.951. The molecule has 1 aliphatic rings. The van der Waals surface area contributed by atoms with Gasteiger partial charge in [-0.25, -0.2) is 4.79 Å². The van der Waals surface area contributed by atoms with Crippen LogP contribution < -0.4 is 4.90 Å². The average molecular weight is 271 g/mol. The number of hydrogen-bond donors (Lipinski definition) is 1. The molecular weight excluding hydrogens is 254 g/mol. The summed E-state index contributed by atoms with van der Waals surface area (Å²) in [5.74, 6) is -0.951. The number of anilines is 1. The molecule has 0 atom stereocenters. The van der Waals surface area contributed by atoms with Gasteiger partial charge in [-0.15, -0.1) is 0 Å². The van der Waals surface area contributed by atoms with E-state index in [0.29, 0.717) is 6.54 Å². The highest BCUT2D eigenvalue weighted by atomic mass is 16.4. The molecule has 0 fully saturated rings. The summed E-state index contributed by atoms with van der Waals surface area (Å²) in [5.41, 5.74) is 4.40. The lowest BCUT2D eigenvalue weighted by Gasteiger charge is -2.29. The molecule has 2 heterocycles. The Kier molecular flexibility index (Phi) is 2.97. The number of carbonyl (C=O) groups is 1. The highest BCUT2D eigenvalue weighted by Gasteiger charge is 2.27. The summed E-state index contributed by atoms with van der Waals surface area (Å²) >= 11 is 0. The third-order valence-corrected chi connectivity index (χ3v) is 3.81. The van der Waals surface area contributed by atoms with Crippen molar-refractivity contribution in [2.75, 3.05) is 11.4 Å². The maximum Gasteiger partial charge on any atom is 0.356 e. The fourth-order valence-electron chi connectivity index (χ4n) is 2.81. The van der Waals surface area contributed by atoms with Crippen LogP contribution in [0.5, 0.6) is 0 Å². The third-order valence-electron chi connectivity index (χ3n) is 3.81. The van der Waals surface area contributed by atoms with E-state index in [4.69, 9.17) is 0 Å². The van der Waals surface area contributed by atoms with Gasteiger partial charge in [0.25, 0.3) is 0 Å². The summed E-state index contributed by atoms with van der Waals surface area (Å²) < 4.78 is 1.70. The average Bonchev–Trinajstić information content (AvgIpc) is 2.76. The molecule has 0 aliphatic carbocycles. The molecule has 1 aliphatic heterocycles. The number of aromatic nitrogens is 2. The molecular formula is C15H17N3O2. The maximum atomic E-state index is 11.3. The van der Waals surface area contributed by atoms with Crippen LogP contribution in [0, 0.1) is 6.92 Å². The molecule has 1 N–H and O–H groups in total. The predicted octanol–water partition coefficient (Wildman–Crippen LogP) is 1.99. The number of aryl methyl sites for hydroxylation is 2. The van der Waals surface area contributed by atoms with E-state index in [1.165, 1.54) is 5.56 Å². The molecule has 0 amide bonds. The van der Waals surface area contributed by atoms with Crippen LogP contribution in [0.4, 0.5) is 5.69 Å². The fourth-order valence-corrected chi connectivity index (χ4v) is 2.81. The van der Waals surface area contributed by atoms with Crippen molar-refractivity contribution in [3.8, 4) is 0 Å². The van der Waals surface area contributed by atoms with Gasteiger partial charge in [0.2, 0.25) is 0 Å². The number of rotatable bonds is 2. The molecule has 0 spiro atoms. The zero-order valence-electron chi connectivity index (χ0n) is 11.6. The van der Waals surface area contributed by atoms with Crippen LogP contribution in [-0.4, -0.2) is 27.4 Å². The van der Waals surface area contributed by atoms with Crippen molar-refractivity contribution in [2.45, 2.75) is 19.9 Å². The second-order valence-corrected chi connectivity index (χ2v) is 5.21. The first kappa shape index (κ1) is 12.7. The van der Waals surface area contributed by atoms with E-state index >= 15 is 0 Å². The van der Waals surface area contributed by atoms with Crippen LogP contribution >= 0.6 is 0 Å². The highest BCUT2D eigenvalue weighted by Crippen LogP contribution is 2.27. The molecule has 2 aromatic rings. The van der Waals surface area contributed by atoms with Gasteiger partial charge in [-0.05, 0) is 24.6 Å². The first-order valence-electron chi connectivity index (χ1n) is 6.66. The van der Waals surface area contributed by atoms with Crippen molar-refractivity contribution in [2.24, 2.45) is 7.05 Å². The van der Waals surface area contributed by atoms with Crippen LogP contribution in [0.1, 0.15) is 27.3 Å². The van der Waals surface area contributed by atoms with E-state index < -0.39 is 5.97 Å². The number of nitrogens with zero attached hydrogens (tertiary/aromatic N) is 3. The lowest BCUT2D eigenvalue weighted by Crippen LogP contribution is -2.31. The number of benzene rings is 1.